The highest BCUT2D eigenvalue weighted by Crippen LogP contribution is 2.42. The third kappa shape index (κ3) is 2.76. The van der Waals surface area contributed by atoms with Gasteiger partial charge in [-0.15, -0.1) is 0 Å². The molecule has 0 aliphatic heterocycles. The summed E-state index contributed by atoms with van der Waals surface area (Å²) in [5.41, 5.74) is 5.61. The fourth-order valence-electron chi connectivity index (χ4n) is 3.81. The normalized spacial score (nSPS) is 19.0. The first-order valence-corrected chi connectivity index (χ1v) is 8.36. The van der Waals surface area contributed by atoms with Gasteiger partial charge >= 0.3 is 6.18 Å². The van der Waals surface area contributed by atoms with Crippen LogP contribution in [0.5, 0.6) is 0 Å². The van der Waals surface area contributed by atoms with Crippen LogP contribution >= 0.6 is 0 Å². The van der Waals surface area contributed by atoms with E-state index in [0.717, 1.165) is 18.1 Å². The van der Waals surface area contributed by atoms with E-state index in [-0.39, 0.29) is 11.7 Å². The van der Waals surface area contributed by atoms with Crippen molar-refractivity contribution in [3.63, 3.8) is 0 Å². The van der Waals surface area contributed by atoms with Gasteiger partial charge in [-0.1, -0.05) is 42.5 Å². The summed E-state index contributed by atoms with van der Waals surface area (Å²) in [6.07, 6.45) is 1.28. The number of nitrogens with one attached hydrogen (secondary N) is 1. The highest BCUT2D eigenvalue weighted by atomic mass is 19.4. The van der Waals surface area contributed by atoms with Gasteiger partial charge in [0.05, 0.1) is 11.6 Å². The van der Waals surface area contributed by atoms with Crippen molar-refractivity contribution in [2.45, 2.75) is 32.0 Å². The Labute approximate surface area is 144 Å². The summed E-state index contributed by atoms with van der Waals surface area (Å²) in [6.45, 7) is 2.09. The third-order valence-electron chi connectivity index (χ3n) is 5.05. The Morgan fingerprint density at radius 3 is 2.64 bits per heavy atom. The van der Waals surface area contributed by atoms with Crippen LogP contribution in [-0.4, -0.2) is 6.04 Å². The summed E-state index contributed by atoms with van der Waals surface area (Å²) in [5.74, 6) is 0. The molecule has 0 radical (unpaired) electrons. The fraction of sp³-hybridized carbons (Fsp3) is 0.238. The lowest BCUT2D eigenvalue weighted by Crippen LogP contribution is -2.25. The molecule has 2 aliphatic carbocycles. The van der Waals surface area contributed by atoms with Gasteiger partial charge in [0.25, 0.3) is 0 Å². The fourth-order valence-corrected chi connectivity index (χ4v) is 3.81. The van der Waals surface area contributed by atoms with Crippen LogP contribution in [0.2, 0.25) is 0 Å². The van der Waals surface area contributed by atoms with Crippen LogP contribution in [0.25, 0.3) is 5.57 Å². The molecule has 25 heavy (non-hydrogen) atoms. The number of aryl methyl sites for hydroxylation is 1. The number of para-hydroxylation sites is 1. The second-order valence-corrected chi connectivity index (χ2v) is 6.60. The maximum atomic E-state index is 13.3. The van der Waals surface area contributed by atoms with Crippen LogP contribution in [0.1, 0.15) is 28.7 Å². The van der Waals surface area contributed by atoms with Gasteiger partial charge in [0, 0.05) is 5.69 Å². The first kappa shape index (κ1) is 16.0. The zero-order valence-corrected chi connectivity index (χ0v) is 13.8. The molecule has 0 fully saturated rings. The number of allylic oxidation sites excluding steroid dienone is 2. The Bertz CT molecular complexity index is 890. The summed E-state index contributed by atoms with van der Waals surface area (Å²) >= 11 is 0. The van der Waals surface area contributed by atoms with E-state index in [0.29, 0.717) is 6.42 Å². The number of rotatable bonds is 2. The Morgan fingerprint density at radius 1 is 1.04 bits per heavy atom. The molecule has 1 N–H and O–H groups in total. The zero-order chi connectivity index (χ0) is 17.6. The summed E-state index contributed by atoms with van der Waals surface area (Å²) in [5, 5.41) is 3.15. The molecule has 2 aliphatic rings. The standard InChI is InChI=1S/C21H18F3N/c1-13-6-4-7-14-15-8-5-11-19(17(15)12-16(13)14)25-20-10-3-2-9-18(20)21(22,23)24/h2-10,19,25H,11-12H2,1H3. The van der Waals surface area contributed by atoms with E-state index in [9.17, 15) is 13.2 Å². The predicted octanol–water partition coefficient (Wildman–Crippen LogP) is 5.76. The first-order chi connectivity index (χ1) is 11.9. The molecular weight excluding hydrogens is 323 g/mol. The van der Waals surface area contributed by atoms with Gasteiger partial charge in [-0.05, 0) is 59.7 Å². The number of hydrogen-bond acceptors (Lipinski definition) is 1. The molecule has 0 heterocycles. The maximum Gasteiger partial charge on any atom is 0.418 e. The van der Waals surface area contributed by atoms with Crippen LogP contribution < -0.4 is 5.32 Å². The molecule has 0 amide bonds. The summed E-state index contributed by atoms with van der Waals surface area (Å²) in [4.78, 5) is 0. The molecule has 128 valence electrons. The van der Waals surface area contributed by atoms with Crippen molar-refractivity contribution < 1.29 is 13.2 Å². The molecule has 1 atom stereocenters. The summed E-state index contributed by atoms with van der Waals surface area (Å²) in [7, 11) is 0. The van der Waals surface area contributed by atoms with Crippen molar-refractivity contribution >= 4 is 11.3 Å². The van der Waals surface area contributed by atoms with Crippen molar-refractivity contribution in [3.8, 4) is 0 Å². The Morgan fingerprint density at radius 2 is 1.84 bits per heavy atom. The van der Waals surface area contributed by atoms with E-state index in [1.54, 1.807) is 6.07 Å². The second-order valence-electron chi connectivity index (χ2n) is 6.60. The third-order valence-corrected chi connectivity index (χ3v) is 5.05. The lowest BCUT2D eigenvalue weighted by molar-refractivity contribution is -0.137. The van der Waals surface area contributed by atoms with Crippen molar-refractivity contribution in [1.29, 1.82) is 0 Å². The van der Waals surface area contributed by atoms with Gasteiger partial charge in [-0.25, -0.2) is 0 Å². The van der Waals surface area contributed by atoms with E-state index < -0.39 is 11.7 Å². The van der Waals surface area contributed by atoms with Gasteiger partial charge in [-0.2, -0.15) is 13.2 Å². The van der Waals surface area contributed by atoms with Crippen molar-refractivity contribution in [2.24, 2.45) is 0 Å². The van der Waals surface area contributed by atoms with E-state index in [1.165, 1.54) is 34.4 Å². The molecule has 4 rings (SSSR count). The average Bonchev–Trinajstić information content (AvgIpc) is 2.96. The van der Waals surface area contributed by atoms with E-state index >= 15 is 0 Å². The molecule has 2 aromatic rings. The van der Waals surface area contributed by atoms with E-state index in [2.05, 4.69) is 30.4 Å². The Balaban J connectivity index is 1.69. The second kappa shape index (κ2) is 5.80. The number of benzene rings is 2. The smallest absolute Gasteiger partial charge is 0.378 e. The molecule has 2 aromatic carbocycles. The highest BCUT2D eigenvalue weighted by molar-refractivity contribution is 5.86. The molecular formula is C21H18F3N. The van der Waals surface area contributed by atoms with Crippen LogP contribution in [-0.2, 0) is 12.6 Å². The minimum atomic E-state index is -4.36. The first-order valence-electron chi connectivity index (χ1n) is 8.36. The minimum absolute atomic E-state index is 0.115. The quantitative estimate of drug-likeness (QED) is 0.732. The van der Waals surface area contributed by atoms with Crippen LogP contribution in [0.4, 0.5) is 18.9 Å². The van der Waals surface area contributed by atoms with Gasteiger partial charge in [0.2, 0.25) is 0 Å². The number of anilines is 1. The highest BCUT2D eigenvalue weighted by Gasteiger charge is 2.35. The van der Waals surface area contributed by atoms with Crippen molar-refractivity contribution in [2.75, 3.05) is 5.32 Å². The van der Waals surface area contributed by atoms with Gasteiger partial charge in [0.1, 0.15) is 0 Å². The number of fused-ring (bicyclic) bond motifs is 2. The summed E-state index contributed by atoms with van der Waals surface area (Å²) in [6, 6.07) is 11.8. The van der Waals surface area contributed by atoms with Crippen molar-refractivity contribution in [1.82, 2.24) is 0 Å². The maximum absolute atomic E-state index is 13.3. The van der Waals surface area contributed by atoms with Crippen LogP contribution in [0.15, 0.2) is 60.2 Å². The summed E-state index contributed by atoms with van der Waals surface area (Å²) < 4.78 is 39.8. The molecule has 1 unspecified atom stereocenters. The predicted molar refractivity (Wildman–Crippen MR) is 94.4 cm³/mol. The van der Waals surface area contributed by atoms with Gasteiger partial charge in [0.15, 0.2) is 0 Å². The average molecular weight is 341 g/mol. The molecule has 4 heteroatoms. The van der Waals surface area contributed by atoms with Crippen LogP contribution in [0.3, 0.4) is 0 Å². The lowest BCUT2D eigenvalue weighted by atomic mass is 9.92. The SMILES string of the molecule is Cc1cccc2c1CC1=C2C=CCC1Nc1ccccc1C(F)(F)F. The topological polar surface area (TPSA) is 12.0 Å². The number of hydrogen-bond donors (Lipinski definition) is 1. The molecule has 1 nitrogen and oxygen atoms in total. The molecule has 0 spiro atoms. The molecule has 0 aromatic heterocycles. The van der Waals surface area contributed by atoms with E-state index in [1.807, 2.05) is 12.1 Å². The van der Waals surface area contributed by atoms with Crippen LogP contribution in [0, 0.1) is 6.92 Å². The lowest BCUT2D eigenvalue weighted by Gasteiger charge is -2.25. The Kier molecular flexibility index (Phi) is 3.71. The van der Waals surface area contributed by atoms with E-state index in [4.69, 9.17) is 0 Å². The minimum Gasteiger partial charge on any atom is -0.378 e. The molecule has 0 saturated carbocycles. The largest absolute Gasteiger partial charge is 0.418 e. The molecule has 0 bridgehead atoms. The zero-order valence-electron chi connectivity index (χ0n) is 13.8. The van der Waals surface area contributed by atoms with Gasteiger partial charge in [-0.3, -0.25) is 0 Å². The molecule has 0 saturated heterocycles. The monoisotopic (exact) mass is 341 g/mol. The Hall–Kier alpha value is -2.49. The van der Waals surface area contributed by atoms with Gasteiger partial charge < -0.3 is 5.32 Å². The number of alkyl halides is 3. The number of halogens is 3. The van der Waals surface area contributed by atoms with Crippen molar-refractivity contribution in [3.05, 3.63) is 82.4 Å².